The van der Waals surface area contributed by atoms with Crippen LogP contribution in [0.1, 0.15) is 25.0 Å². The predicted octanol–water partition coefficient (Wildman–Crippen LogP) is 3.05. The molecule has 6 nitrogen and oxygen atoms in total. The number of hydrogen-bond donors (Lipinski definition) is 0. The first-order valence-corrected chi connectivity index (χ1v) is 8.17. The lowest BCUT2D eigenvalue weighted by molar-refractivity contribution is -0.154. The first kappa shape index (κ1) is 16.4. The lowest BCUT2D eigenvalue weighted by Crippen LogP contribution is -2.52. The first-order valence-electron chi connectivity index (χ1n) is 8.17. The van der Waals surface area contributed by atoms with Crippen molar-refractivity contribution in [1.82, 2.24) is 4.90 Å². The number of amides is 1. The summed E-state index contributed by atoms with van der Waals surface area (Å²) in [6.45, 7) is 3.62. The highest BCUT2D eigenvalue weighted by atomic mass is 19.1. The number of amidine groups is 1. The average Bonchev–Trinajstić information content (AvgIpc) is 3.07. The molecule has 0 aliphatic carbocycles. The molecule has 134 valence electrons. The average molecular weight is 356 g/mol. The summed E-state index contributed by atoms with van der Waals surface area (Å²) in [6.07, 6.45) is 0. The van der Waals surface area contributed by atoms with Crippen LogP contribution >= 0.6 is 0 Å². The third-order valence-corrected chi connectivity index (χ3v) is 4.24. The number of ether oxygens (including phenoxy) is 2. The standard InChI is InChI=1S/C19H17FN2O4/c1-19(2)18(23)22(10-12-4-3-5-14(20)8-12)17(21-26-19)13-6-7-15-16(9-13)25-11-24-15/h3-9H,10-11H2,1-2H3. The molecule has 0 atom stereocenters. The molecule has 0 fully saturated rings. The van der Waals surface area contributed by atoms with Gasteiger partial charge in [0.2, 0.25) is 12.4 Å². The van der Waals surface area contributed by atoms with Crippen LogP contribution in [0.5, 0.6) is 11.5 Å². The van der Waals surface area contributed by atoms with Crippen LogP contribution in [0.25, 0.3) is 0 Å². The molecular weight excluding hydrogens is 339 g/mol. The van der Waals surface area contributed by atoms with Gasteiger partial charge in [-0.05, 0) is 49.7 Å². The van der Waals surface area contributed by atoms with Gasteiger partial charge in [0.05, 0.1) is 6.54 Å². The molecule has 7 heteroatoms. The SMILES string of the molecule is CC1(C)ON=C(c2ccc3c(c2)OCO3)N(Cc2cccc(F)c2)C1=O. The Hall–Kier alpha value is -3.09. The highest BCUT2D eigenvalue weighted by Crippen LogP contribution is 2.34. The number of carbonyl (C=O) groups is 1. The zero-order valence-electron chi connectivity index (χ0n) is 14.4. The predicted molar refractivity (Wildman–Crippen MR) is 91.2 cm³/mol. The molecule has 0 saturated heterocycles. The van der Waals surface area contributed by atoms with Crippen LogP contribution in [-0.2, 0) is 16.2 Å². The van der Waals surface area contributed by atoms with Gasteiger partial charge in [0, 0.05) is 5.56 Å². The van der Waals surface area contributed by atoms with Crippen LogP contribution in [0.3, 0.4) is 0 Å². The second-order valence-electron chi connectivity index (χ2n) is 6.61. The molecule has 0 bridgehead atoms. The van der Waals surface area contributed by atoms with Crippen molar-refractivity contribution in [3.8, 4) is 11.5 Å². The summed E-state index contributed by atoms with van der Waals surface area (Å²) in [7, 11) is 0. The zero-order chi connectivity index (χ0) is 18.3. The number of halogens is 1. The lowest BCUT2D eigenvalue weighted by atomic mass is 10.0. The molecular formula is C19H17FN2O4. The van der Waals surface area contributed by atoms with Crippen LogP contribution < -0.4 is 9.47 Å². The summed E-state index contributed by atoms with van der Waals surface area (Å²) in [5.74, 6) is 0.938. The van der Waals surface area contributed by atoms with Gasteiger partial charge in [-0.3, -0.25) is 9.69 Å². The lowest BCUT2D eigenvalue weighted by Gasteiger charge is -2.35. The fraction of sp³-hybridized carbons (Fsp3) is 0.263. The Morgan fingerprint density at radius 2 is 1.96 bits per heavy atom. The molecule has 26 heavy (non-hydrogen) atoms. The van der Waals surface area contributed by atoms with E-state index in [-0.39, 0.29) is 25.1 Å². The number of fused-ring (bicyclic) bond motifs is 1. The van der Waals surface area contributed by atoms with Crippen LogP contribution in [0.15, 0.2) is 47.6 Å². The molecule has 0 spiro atoms. The summed E-state index contributed by atoms with van der Waals surface area (Å²) in [4.78, 5) is 19.8. The Bertz CT molecular complexity index is 910. The molecule has 2 aliphatic rings. The van der Waals surface area contributed by atoms with E-state index in [4.69, 9.17) is 14.3 Å². The summed E-state index contributed by atoms with van der Waals surface area (Å²) in [5.41, 5.74) is 0.201. The number of benzene rings is 2. The third kappa shape index (κ3) is 2.85. The van der Waals surface area contributed by atoms with Gasteiger partial charge in [0.15, 0.2) is 17.3 Å². The quantitative estimate of drug-likeness (QED) is 0.848. The largest absolute Gasteiger partial charge is 0.454 e. The summed E-state index contributed by atoms with van der Waals surface area (Å²) in [6, 6.07) is 11.4. The molecule has 2 aromatic carbocycles. The van der Waals surface area contributed by atoms with Crippen molar-refractivity contribution in [2.24, 2.45) is 5.16 Å². The second kappa shape index (κ2) is 6.01. The minimum Gasteiger partial charge on any atom is -0.454 e. The zero-order valence-corrected chi connectivity index (χ0v) is 14.4. The minimum atomic E-state index is -1.10. The molecule has 0 saturated carbocycles. The topological polar surface area (TPSA) is 60.4 Å². The molecule has 0 radical (unpaired) electrons. The second-order valence-corrected chi connectivity index (χ2v) is 6.61. The Labute approximate surface area is 149 Å². The van der Waals surface area contributed by atoms with Crippen LogP contribution in [0.4, 0.5) is 4.39 Å². The van der Waals surface area contributed by atoms with E-state index in [1.807, 2.05) is 0 Å². The van der Waals surface area contributed by atoms with Crippen LogP contribution in [0.2, 0.25) is 0 Å². The van der Waals surface area contributed by atoms with Gasteiger partial charge in [-0.1, -0.05) is 17.3 Å². The molecule has 2 aromatic rings. The van der Waals surface area contributed by atoms with E-state index < -0.39 is 5.60 Å². The number of hydrogen-bond acceptors (Lipinski definition) is 5. The van der Waals surface area contributed by atoms with E-state index in [0.29, 0.717) is 28.5 Å². The molecule has 0 unspecified atom stereocenters. The molecule has 4 rings (SSSR count). The van der Waals surface area contributed by atoms with Gasteiger partial charge < -0.3 is 14.3 Å². The Kier molecular flexibility index (Phi) is 3.79. The van der Waals surface area contributed by atoms with Gasteiger partial charge >= 0.3 is 0 Å². The fourth-order valence-electron chi connectivity index (χ4n) is 2.88. The van der Waals surface area contributed by atoms with Gasteiger partial charge in [-0.15, -0.1) is 0 Å². The Balaban J connectivity index is 1.73. The highest BCUT2D eigenvalue weighted by molar-refractivity contribution is 6.10. The number of oxime groups is 1. The normalized spacial score (nSPS) is 17.7. The third-order valence-electron chi connectivity index (χ3n) is 4.24. The molecule has 0 N–H and O–H groups in total. The first-order chi connectivity index (χ1) is 12.4. The maximum atomic E-state index is 13.6. The Morgan fingerprint density at radius 3 is 2.77 bits per heavy atom. The van der Waals surface area contributed by atoms with Crippen LogP contribution in [0, 0.1) is 5.82 Å². The highest BCUT2D eigenvalue weighted by Gasteiger charge is 2.41. The maximum absolute atomic E-state index is 13.6. The minimum absolute atomic E-state index is 0.154. The van der Waals surface area contributed by atoms with E-state index in [2.05, 4.69) is 5.16 Å². The monoisotopic (exact) mass is 356 g/mol. The Morgan fingerprint density at radius 1 is 1.15 bits per heavy atom. The van der Waals surface area contributed by atoms with Crippen molar-refractivity contribution in [1.29, 1.82) is 0 Å². The van der Waals surface area contributed by atoms with E-state index in [1.165, 1.54) is 17.0 Å². The molecule has 2 aliphatic heterocycles. The van der Waals surface area contributed by atoms with Gasteiger partial charge in [0.1, 0.15) is 5.82 Å². The van der Waals surface area contributed by atoms with E-state index in [1.54, 1.807) is 44.2 Å². The van der Waals surface area contributed by atoms with Crippen molar-refractivity contribution in [2.45, 2.75) is 26.0 Å². The molecule has 1 amide bonds. The summed E-state index contributed by atoms with van der Waals surface area (Å²) in [5, 5.41) is 4.16. The van der Waals surface area contributed by atoms with Gasteiger partial charge in [-0.25, -0.2) is 4.39 Å². The maximum Gasteiger partial charge on any atom is 0.275 e. The smallest absolute Gasteiger partial charge is 0.275 e. The molecule has 2 heterocycles. The summed E-state index contributed by atoms with van der Waals surface area (Å²) < 4.78 is 24.3. The van der Waals surface area contributed by atoms with E-state index in [0.717, 1.165) is 0 Å². The van der Waals surface area contributed by atoms with Crippen LogP contribution in [-0.4, -0.2) is 29.0 Å². The number of rotatable bonds is 3. The van der Waals surface area contributed by atoms with Gasteiger partial charge in [-0.2, -0.15) is 0 Å². The number of carbonyl (C=O) groups excluding carboxylic acids is 1. The van der Waals surface area contributed by atoms with Crippen molar-refractivity contribution in [2.75, 3.05) is 6.79 Å². The fourth-order valence-corrected chi connectivity index (χ4v) is 2.88. The molecule has 0 aromatic heterocycles. The van der Waals surface area contributed by atoms with E-state index >= 15 is 0 Å². The van der Waals surface area contributed by atoms with Crippen molar-refractivity contribution < 1.29 is 23.5 Å². The summed E-state index contributed by atoms with van der Waals surface area (Å²) >= 11 is 0. The van der Waals surface area contributed by atoms with Crippen molar-refractivity contribution in [3.63, 3.8) is 0 Å². The van der Waals surface area contributed by atoms with Crippen molar-refractivity contribution >= 4 is 11.7 Å². The van der Waals surface area contributed by atoms with E-state index in [9.17, 15) is 9.18 Å². The number of nitrogens with zero attached hydrogens (tertiary/aromatic N) is 2. The van der Waals surface area contributed by atoms with Crippen molar-refractivity contribution in [3.05, 3.63) is 59.4 Å². The van der Waals surface area contributed by atoms with Gasteiger partial charge in [0.25, 0.3) is 5.91 Å².